The molecule has 0 bridgehead atoms. The number of urea groups is 1. The number of aromatic amines is 1. The first-order valence-corrected chi connectivity index (χ1v) is 10.7. The fraction of sp³-hybridized carbons (Fsp3) is 0.160. The standard InChI is InChI=1S/C25H23N5O2/c1-2-5-21-22(24(31)27-19-10-11-20-18(13-19)14-26-30-20)23(29-25(32)28-21)17-9-8-15-6-3-4-7-16(15)12-17/h3-4,6-14,23H,2,5H2,1H3,(H,26,30)(H,27,31)(H2,28,29,32). The van der Waals surface area contributed by atoms with Crippen LogP contribution in [0.25, 0.3) is 21.7 Å². The molecule has 3 amide bonds. The van der Waals surface area contributed by atoms with E-state index < -0.39 is 6.04 Å². The van der Waals surface area contributed by atoms with Crippen molar-refractivity contribution in [2.75, 3.05) is 5.32 Å². The predicted molar refractivity (Wildman–Crippen MR) is 125 cm³/mol. The van der Waals surface area contributed by atoms with Crippen LogP contribution in [0.5, 0.6) is 0 Å². The Bertz CT molecular complexity index is 1370. The number of benzene rings is 3. The zero-order chi connectivity index (χ0) is 22.1. The lowest BCUT2D eigenvalue weighted by atomic mass is 9.91. The van der Waals surface area contributed by atoms with Crippen LogP contribution in [0.4, 0.5) is 10.5 Å². The van der Waals surface area contributed by atoms with E-state index in [-0.39, 0.29) is 11.9 Å². The number of fused-ring (bicyclic) bond motifs is 2. The van der Waals surface area contributed by atoms with Crippen LogP contribution in [0.3, 0.4) is 0 Å². The lowest BCUT2D eigenvalue weighted by Crippen LogP contribution is -2.46. The summed E-state index contributed by atoms with van der Waals surface area (Å²) in [6.07, 6.45) is 3.12. The van der Waals surface area contributed by atoms with Gasteiger partial charge in [-0.3, -0.25) is 9.89 Å². The minimum Gasteiger partial charge on any atom is -0.327 e. The lowest BCUT2D eigenvalue weighted by Gasteiger charge is -2.30. The van der Waals surface area contributed by atoms with Crippen LogP contribution in [0, 0.1) is 0 Å². The Morgan fingerprint density at radius 3 is 2.72 bits per heavy atom. The Labute approximate surface area is 184 Å². The first-order valence-electron chi connectivity index (χ1n) is 10.7. The van der Waals surface area contributed by atoms with Crippen molar-refractivity contribution in [3.05, 3.63) is 83.7 Å². The topological polar surface area (TPSA) is 98.9 Å². The van der Waals surface area contributed by atoms with E-state index in [4.69, 9.17) is 0 Å². The van der Waals surface area contributed by atoms with E-state index in [9.17, 15) is 9.59 Å². The summed E-state index contributed by atoms with van der Waals surface area (Å²) in [6.45, 7) is 2.02. The van der Waals surface area contributed by atoms with Crippen LogP contribution in [0.2, 0.25) is 0 Å². The van der Waals surface area contributed by atoms with Crippen LogP contribution >= 0.6 is 0 Å². The molecule has 1 aliphatic heterocycles. The zero-order valence-electron chi connectivity index (χ0n) is 17.6. The van der Waals surface area contributed by atoms with Gasteiger partial charge in [0.2, 0.25) is 0 Å². The molecule has 0 aliphatic carbocycles. The van der Waals surface area contributed by atoms with Gasteiger partial charge in [-0.1, -0.05) is 49.7 Å². The molecule has 0 fully saturated rings. The largest absolute Gasteiger partial charge is 0.327 e. The Hall–Kier alpha value is -4.13. The molecule has 7 heteroatoms. The summed E-state index contributed by atoms with van der Waals surface area (Å²) in [6, 6.07) is 18.8. The van der Waals surface area contributed by atoms with E-state index in [2.05, 4.69) is 26.1 Å². The molecule has 0 spiro atoms. The van der Waals surface area contributed by atoms with Crippen molar-refractivity contribution in [2.45, 2.75) is 25.8 Å². The van der Waals surface area contributed by atoms with Crippen molar-refractivity contribution in [1.29, 1.82) is 0 Å². The van der Waals surface area contributed by atoms with Gasteiger partial charge in [0.05, 0.1) is 23.3 Å². The summed E-state index contributed by atoms with van der Waals surface area (Å²) in [4.78, 5) is 25.9. The van der Waals surface area contributed by atoms with Gasteiger partial charge in [-0.05, 0) is 47.0 Å². The Morgan fingerprint density at radius 1 is 1.03 bits per heavy atom. The van der Waals surface area contributed by atoms with Gasteiger partial charge in [0.25, 0.3) is 5.91 Å². The number of rotatable bonds is 5. The molecule has 1 unspecified atom stereocenters. The summed E-state index contributed by atoms with van der Waals surface area (Å²) < 4.78 is 0. The minimum atomic E-state index is -0.549. The minimum absolute atomic E-state index is 0.248. The average molecular weight is 425 g/mol. The zero-order valence-corrected chi connectivity index (χ0v) is 17.6. The molecular formula is C25H23N5O2. The van der Waals surface area contributed by atoms with Crippen LogP contribution in [-0.2, 0) is 4.79 Å². The monoisotopic (exact) mass is 425 g/mol. The van der Waals surface area contributed by atoms with Gasteiger partial charge >= 0.3 is 6.03 Å². The number of amides is 3. The second-order valence-corrected chi connectivity index (χ2v) is 7.91. The molecule has 0 saturated heterocycles. The highest BCUT2D eigenvalue weighted by molar-refractivity contribution is 6.07. The van der Waals surface area contributed by atoms with E-state index in [1.807, 2.05) is 67.6 Å². The van der Waals surface area contributed by atoms with Crippen LogP contribution in [-0.4, -0.2) is 22.1 Å². The molecule has 0 saturated carbocycles. The van der Waals surface area contributed by atoms with Gasteiger partial charge in [0.1, 0.15) is 0 Å². The highest BCUT2D eigenvalue weighted by Crippen LogP contribution is 2.31. The van der Waals surface area contributed by atoms with Gasteiger partial charge in [0.15, 0.2) is 0 Å². The van der Waals surface area contributed by atoms with Crippen molar-refractivity contribution in [1.82, 2.24) is 20.8 Å². The highest BCUT2D eigenvalue weighted by Gasteiger charge is 2.32. The third-order valence-electron chi connectivity index (χ3n) is 5.70. The van der Waals surface area contributed by atoms with Crippen LogP contribution in [0.1, 0.15) is 31.4 Å². The lowest BCUT2D eigenvalue weighted by molar-refractivity contribution is -0.113. The summed E-state index contributed by atoms with van der Waals surface area (Å²) >= 11 is 0. The molecule has 3 aromatic carbocycles. The second-order valence-electron chi connectivity index (χ2n) is 7.91. The number of H-pyrrole nitrogens is 1. The van der Waals surface area contributed by atoms with E-state index in [1.54, 1.807) is 6.20 Å². The highest BCUT2D eigenvalue weighted by atomic mass is 16.2. The summed E-state index contributed by atoms with van der Waals surface area (Å²) in [5.41, 5.74) is 3.60. The molecule has 160 valence electrons. The summed E-state index contributed by atoms with van der Waals surface area (Å²) in [7, 11) is 0. The first-order chi connectivity index (χ1) is 15.6. The molecule has 7 nitrogen and oxygen atoms in total. The quantitative estimate of drug-likeness (QED) is 0.371. The molecule has 4 aromatic rings. The maximum atomic E-state index is 13.5. The van der Waals surface area contributed by atoms with Crippen molar-refractivity contribution < 1.29 is 9.59 Å². The van der Waals surface area contributed by atoms with Crippen molar-refractivity contribution in [3.8, 4) is 0 Å². The van der Waals surface area contributed by atoms with Gasteiger partial charge in [-0.2, -0.15) is 5.10 Å². The van der Waals surface area contributed by atoms with E-state index in [1.165, 1.54) is 0 Å². The van der Waals surface area contributed by atoms with E-state index in [0.29, 0.717) is 23.4 Å². The number of carbonyl (C=O) groups is 2. The van der Waals surface area contributed by atoms with E-state index >= 15 is 0 Å². The third kappa shape index (κ3) is 3.69. The van der Waals surface area contributed by atoms with Crippen molar-refractivity contribution >= 4 is 39.3 Å². The number of allylic oxidation sites excluding steroid dienone is 1. The molecule has 1 aliphatic rings. The van der Waals surface area contributed by atoms with E-state index in [0.717, 1.165) is 33.7 Å². The molecule has 0 radical (unpaired) electrons. The number of aromatic nitrogens is 2. The average Bonchev–Trinajstić information content (AvgIpc) is 3.26. The first kappa shape index (κ1) is 19.8. The summed E-state index contributed by atoms with van der Waals surface area (Å²) in [5.74, 6) is -0.248. The van der Waals surface area contributed by atoms with Gasteiger partial charge in [-0.25, -0.2) is 4.79 Å². The maximum absolute atomic E-state index is 13.5. The van der Waals surface area contributed by atoms with Gasteiger partial charge in [-0.15, -0.1) is 0 Å². The normalized spacial score (nSPS) is 16.2. The molecule has 2 heterocycles. The smallest absolute Gasteiger partial charge is 0.319 e. The van der Waals surface area contributed by atoms with Crippen LogP contribution in [0.15, 0.2) is 78.1 Å². The Kier molecular flexibility index (Phi) is 5.07. The number of hydrogen-bond acceptors (Lipinski definition) is 3. The molecule has 5 rings (SSSR count). The predicted octanol–water partition coefficient (Wildman–Crippen LogP) is 4.76. The number of anilines is 1. The molecule has 1 aromatic heterocycles. The Morgan fingerprint density at radius 2 is 1.88 bits per heavy atom. The molecule has 4 N–H and O–H groups in total. The molecule has 32 heavy (non-hydrogen) atoms. The fourth-order valence-corrected chi connectivity index (χ4v) is 4.19. The number of carbonyl (C=O) groups excluding carboxylic acids is 2. The number of nitrogens with zero attached hydrogens (tertiary/aromatic N) is 1. The molecule has 1 atom stereocenters. The van der Waals surface area contributed by atoms with Crippen LogP contribution < -0.4 is 16.0 Å². The SMILES string of the molecule is CCCC1=C(C(=O)Nc2ccc3[nH]ncc3c2)C(c2ccc3ccccc3c2)NC(=O)N1. The van der Waals surface area contributed by atoms with Gasteiger partial charge in [0, 0.05) is 16.8 Å². The van der Waals surface area contributed by atoms with Crippen molar-refractivity contribution in [2.24, 2.45) is 0 Å². The van der Waals surface area contributed by atoms with Gasteiger partial charge < -0.3 is 16.0 Å². The Balaban J connectivity index is 1.55. The third-order valence-corrected chi connectivity index (χ3v) is 5.70. The second kappa shape index (κ2) is 8.19. The number of hydrogen-bond donors (Lipinski definition) is 4. The summed E-state index contributed by atoms with van der Waals surface area (Å²) in [5, 5.41) is 18.8. The van der Waals surface area contributed by atoms with Crippen molar-refractivity contribution in [3.63, 3.8) is 0 Å². The number of nitrogens with one attached hydrogen (secondary N) is 4. The fourth-order valence-electron chi connectivity index (χ4n) is 4.19. The molecular weight excluding hydrogens is 402 g/mol. The maximum Gasteiger partial charge on any atom is 0.319 e.